The van der Waals surface area contributed by atoms with Crippen LogP contribution in [0, 0.1) is 13.8 Å². The first kappa shape index (κ1) is 14.8. The SMILES string of the molecule is Cc1cc2nc(Nc3nc4c(Cl)c(Cl)ccc4s3)oc2cc1C. The van der Waals surface area contributed by atoms with Crippen molar-refractivity contribution in [3.05, 3.63) is 45.4 Å². The van der Waals surface area contributed by atoms with Gasteiger partial charge in [0.2, 0.25) is 0 Å². The smallest absolute Gasteiger partial charge is 0.302 e. The lowest BCUT2D eigenvalue weighted by Crippen LogP contribution is -1.88. The van der Waals surface area contributed by atoms with Crippen LogP contribution in [0.25, 0.3) is 21.3 Å². The Bertz CT molecular complexity index is 1020. The summed E-state index contributed by atoms with van der Waals surface area (Å²) < 4.78 is 6.69. The third-order valence-electron chi connectivity index (χ3n) is 3.67. The highest BCUT2D eigenvalue weighted by Gasteiger charge is 2.13. The maximum Gasteiger partial charge on any atom is 0.302 e. The quantitative estimate of drug-likeness (QED) is 0.467. The van der Waals surface area contributed by atoms with E-state index < -0.39 is 0 Å². The predicted octanol–water partition coefficient (Wildman–Crippen LogP) is 6.10. The van der Waals surface area contributed by atoms with Gasteiger partial charge in [0.15, 0.2) is 10.7 Å². The third kappa shape index (κ3) is 2.55. The predicted molar refractivity (Wildman–Crippen MR) is 96.4 cm³/mol. The van der Waals surface area contributed by atoms with Crippen molar-refractivity contribution in [1.82, 2.24) is 9.97 Å². The van der Waals surface area contributed by atoms with Crippen LogP contribution in [0.2, 0.25) is 10.0 Å². The third-order valence-corrected chi connectivity index (χ3v) is 5.40. The van der Waals surface area contributed by atoms with Gasteiger partial charge in [-0.3, -0.25) is 5.32 Å². The molecule has 116 valence electrons. The number of aromatic nitrogens is 2. The molecule has 2 aromatic carbocycles. The molecule has 0 unspecified atom stereocenters. The van der Waals surface area contributed by atoms with Crippen LogP contribution in [0.5, 0.6) is 0 Å². The average Bonchev–Trinajstić information content (AvgIpc) is 3.08. The van der Waals surface area contributed by atoms with Crippen molar-refractivity contribution in [2.45, 2.75) is 13.8 Å². The van der Waals surface area contributed by atoms with Gasteiger partial charge >= 0.3 is 6.01 Å². The van der Waals surface area contributed by atoms with Gasteiger partial charge in [-0.05, 0) is 49.2 Å². The number of hydrogen-bond acceptors (Lipinski definition) is 5. The lowest BCUT2D eigenvalue weighted by Gasteiger charge is -1.96. The Hall–Kier alpha value is -1.82. The number of nitrogens with one attached hydrogen (secondary N) is 1. The molecule has 2 aromatic heterocycles. The van der Waals surface area contributed by atoms with Gasteiger partial charge < -0.3 is 4.42 Å². The summed E-state index contributed by atoms with van der Waals surface area (Å²) in [5, 5.41) is 4.70. The standard InChI is InChI=1S/C16H11Cl2N3OS/c1-7-5-10-11(6-8(7)2)22-15(19-10)21-16-20-14-12(23-16)4-3-9(17)13(14)18/h3-6H,1-2H3,(H,19,20,21). The molecule has 0 spiro atoms. The fourth-order valence-electron chi connectivity index (χ4n) is 2.32. The number of anilines is 2. The minimum atomic E-state index is 0.409. The Kier molecular flexibility index (Phi) is 3.44. The molecular formula is C16H11Cl2N3OS. The first-order valence-corrected chi connectivity index (χ1v) is 8.48. The Morgan fingerprint density at radius 1 is 1.09 bits per heavy atom. The number of thiazole rings is 1. The Balaban J connectivity index is 1.74. The second-order valence-corrected chi connectivity index (χ2v) is 7.09. The van der Waals surface area contributed by atoms with Gasteiger partial charge in [0.25, 0.3) is 0 Å². The molecule has 0 aliphatic carbocycles. The number of benzene rings is 2. The molecule has 0 saturated heterocycles. The Labute approximate surface area is 146 Å². The molecule has 4 nitrogen and oxygen atoms in total. The summed E-state index contributed by atoms with van der Waals surface area (Å²) >= 11 is 13.7. The van der Waals surface area contributed by atoms with E-state index >= 15 is 0 Å². The first-order chi connectivity index (χ1) is 11.0. The summed E-state index contributed by atoms with van der Waals surface area (Å²) in [6.07, 6.45) is 0. The molecule has 4 aromatic rings. The van der Waals surface area contributed by atoms with E-state index in [1.807, 2.05) is 25.1 Å². The van der Waals surface area contributed by atoms with Crippen LogP contribution in [-0.4, -0.2) is 9.97 Å². The molecule has 0 saturated carbocycles. The normalized spacial score (nSPS) is 11.5. The summed E-state index contributed by atoms with van der Waals surface area (Å²) in [5.74, 6) is 0. The summed E-state index contributed by atoms with van der Waals surface area (Å²) in [5.41, 5.74) is 4.59. The summed E-state index contributed by atoms with van der Waals surface area (Å²) in [7, 11) is 0. The molecule has 0 atom stereocenters. The van der Waals surface area contributed by atoms with E-state index in [4.69, 9.17) is 27.6 Å². The number of rotatable bonds is 2. The van der Waals surface area contributed by atoms with Crippen molar-refractivity contribution in [3.8, 4) is 0 Å². The van der Waals surface area contributed by atoms with Crippen LogP contribution in [0.15, 0.2) is 28.7 Å². The molecule has 0 aliphatic rings. The van der Waals surface area contributed by atoms with Crippen molar-refractivity contribution >= 4 is 67.0 Å². The molecule has 0 aliphatic heterocycles. The fourth-order valence-corrected chi connectivity index (χ4v) is 3.60. The number of oxazole rings is 1. The number of aryl methyl sites for hydroxylation is 2. The fraction of sp³-hybridized carbons (Fsp3) is 0.125. The Morgan fingerprint density at radius 3 is 2.70 bits per heavy atom. The van der Waals surface area contributed by atoms with Gasteiger partial charge in [-0.2, -0.15) is 4.98 Å². The summed E-state index contributed by atoms with van der Waals surface area (Å²) in [6, 6.07) is 8.06. The molecule has 7 heteroatoms. The minimum absolute atomic E-state index is 0.409. The maximum absolute atomic E-state index is 6.19. The first-order valence-electron chi connectivity index (χ1n) is 6.90. The van der Waals surface area contributed by atoms with Gasteiger partial charge in [-0.1, -0.05) is 34.5 Å². The second kappa shape index (κ2) is 5.37. The minimum Gasteiger partial charge on any atom is -0.423 e. The highest BCUT2D eigenvalue weighted by molar-refractivity contribution is 7.22. The lowest BCUT2D eigenvalue weighted by molar-refractivity contribution is 0.622. The molecule has 1 N–H and O–H groups in total. The number of nitrogens with zero attached hydrogens (tertiary/aromatic N) is 2. The van der Waals surface area contributed by atoms with Crippen molar-refractivity contribution in [1.29, 1.82) is 0 Å². The highest BCUT2D eigenvalue weighted by atomic mass is 35.5. The summed E-state index contributed by atoms with van der Waals surface area (Å²) in [4.78, 5) is 8.91. The number of halogens is 2. The van der Waals surface area contributed by atoms with Crippen LogP contribution in [-0.2, 0) is 0 Å². The van der Waals surface area contributed by atoms with Crippen LogP contribution in [0.3, 0.4) is 0 Å². The van der Waals surface area contributed by atoms with Crippen molar-refractivity contribution < 1.29 is 4.42 Å². The van der Waals surface area contributed by atoms with E-state index in [0.29, 0.717) is 26.7 Å². The number of fused-ring (bicyclic) bond motifs is 2. The van der Waals surface area contributed by atoms with E-state index in [-0.39, 0.29) is 0 Å². The van der Waals surface area contributed by atoms with E-state index in [0.717, 1.165) is 15.8 Å². The van der Waals surface area contributed by atoms with Crippen LogP contribution >= 0.6 is 34.5 Å². The van der Waals surface area contributed by atoms with E-state index in [1.165, 1.54) is 22.5 Å². The topological polar surface area (TPSA) is 51.0 Å². The zero-order chi connectivity index (χ0) is 16.1. The van der Waals surface area contributed by atoms with Gasteiger partial charge in [0.05, 0.1) is 14.7 Å². The summed E-state index contributed by atoms with van der Waals surface area (Å²) in [6.45, 7) is 4.10. The van der Waals surface area contributed by atoms with Gasteiger partial charge in [-0.15, -0.1) is 0 Å². The molecule has 0 radical (unpaired) electrons. The van der Waals surface area contributed by atoms with Crippen molar-refractivity contribution in [3.63, 3.8) is 0 Å². The van der Waals surface area contributed by atoms with Crippen molar-refractivity contribution in [2.75, 3.05) is 5.32 Å². The lowest BCUT2D eigenvalue weighted by atomic mass is 10.1. The van der Waals surface area contributed by atoms with Crippen LogP contribution < -0.4 is 5.32 Å². The van der Waals surface area contributed by atoms with Crippen LogP contribution in [0.1, 0.15) is 11.1 Å². The molecule has 4 rings (SSSR count). The molecule has 2 heterocycles. The highest BCUT2D eigenvalue weighted by Crippen LogP contribution is 2.36. The molecule has 0 fully saturated rings. The zero-order valence-corrected chi connectivity index (χ0v) is 14.6. The van der Waals surface area contributed by atoms with Crippen LogP contribution in [0.4, 0.5) is 11.1 Å². The zero-order valence-electron chi connectivity index (χ0n) is 12.3. The molecule has 0 bridgehead atoms. The second-order valence-electron chi connectivity index (χ2n) is 5.28. The molecule has 0 amide bonds. The van der Waals surface area contributed by atoms with E-state index in [1.54, 1.807) is 6.07 Å². The van der Waals surface area contributed by atoms with Crippen molar-refractivity contribution in [2.24, 2.45) is 0 Å². The van der Waals surface area contributed by atoms with Gasteiger partial charge in [0, 0.05) is 0 Å². The number of hydrogen-bond donors (Lipinski definition) is 1. The van der Waals surface area contributed by atoms with Gasteiger partial charge in [0.1, 0.15) is 11.0 Å². The van der Waals surface area contributed by atoms with E-state index in [9.17, 15) is 0 Å². The Morgan fingerprint density at radius 2 is 1.87 bits per heavy atom. The largest absolute Gasteiger partial charge is 0.423 e. The average molecular weight is 364 g/mol. The molecular weight excluding hydrogens is 353 g/mol. The van der Waals surface area contributed by atoms with Gasteiger partial charge in [-0.25, -0.2) is 4.98 Å². The monoisotopic (exact) mass is 363 g/mol. The maximum atomic E-state index is 6.19. The molecule has 23 heavy (non-hydrogen) atoms. The van der Waals surface area contributed by atoms with E-state index in [2.05, 4.69) is 22.2 Å².